The van der Waals surface area contributed by atoms with Crippen LogP contribution in [0.2, 0.25) is 0 Å². The SMILES string of the molecule is O=C(CCc1cccc(F)c1)N1CCC(NS(=O)(=O)c2ccccc2)CC1. The number of nitrogens with zero attached hydrogens (tertiary/aromatic N) is 1. The fraction of sp³-hybridized carbons (Fsp3) is 0.350. The summed E-state index contributed by atoms with van der Waals surface area (Å²) >= 11 is 0. The van der Waals surface area contributed by atoms with Crippen LogP contribution in [0.3, 0.4) is 0 Å². The molecule has 2 aromatic carbocycles. The van der Waals surface area contributed by atoms with Crippen molar-refractivity contribution in [2.45, 2.75) is 36.6 Å². The van der Waals surface area contributed by atoms with Gasteiger partial charge in [0.1, 0.15) is 5.82 Å². The van der Waals surface area contributed by atoms with E-state index >= 15 is 0 Å². The van der Waals surface area contributed by atoms with Gasteiger partial charge in [-0.15, -0.1) is 0 Å². The second-order valence-corrected chi connectivity index (χ2v) is 8.43. The summed E-state index contributed by atoms with van der Waals surface area (Å²) in [6.45, 7) is 1.04. The van der Waals surface area contributed by atoms with E-state index < -0.39 is 10.0 Å². The number of aryl methyl sites for hydroxylation is 1. The highest BCUT2D eigenvalue weighted by Crippen LogP contribution is 2.16. The summed E-state index contributed by atoms with van der Waals surface area (Å²) in [7, 11) is -3.54. The molecular formula is C20H23FN2O3S. The fourth-order valence-electron chi connectivity index (χ4n) is 3.24. The highest BCUT2D eigenvalue weighted by atomic mass is 32.2. The van der Waals surface area contributed by atoms with E-state index in [0.29, 0.717) is 38.8 Å². The lowest BCUT2D eigenvalue weighted by Crippen LogP contribution is -2.46. The number of carbonyl (C=O) groups excluding carboxylic acids is 1. The van der Waals surface area contributed by atoms with Gasteiger partial charge in [0.2, 0.25) is 15.9 Å². The van der Waals surface area contributed by atoms with E-state index in [1.807, 2.05) is 0 Å². The first-order chi connectivity index (χ1) is 12.9. The van der Waals surface area contributed by atoms with Crippen molar-refractivity contribution in [2.24, 2.45) is 0 Å². The normalized spacial score (nSPS) is 15.7. The van der Waals surface area contributed by atoms with Crippen molar-refractivity contribution < 1.29 is 17.6 Å². The van der Waals surface area contributed by atoms with E-state index in [1.165, 1.54) is 12.1 Å². The molecule has 144 valence electrons. The van der Waals surface area contributed by atoms with Gasteiger partial charge in [-0.2, -0.15) is 0 Å². The average Bonchev–Trinajstić information content (AvgIpc) is 2.67. The molecule has 0 radical (unpaired) electrons. The van der Waals surface area contributed by atoms with E-state index in [1.54, 1.807) is 47.4 Å². The van der Waals surface area contributed by atoms with Gasteiger partial charge in [-0.25, -0.2) is 17.5 Å². The minimum atomic E-state index is -3.54. The molecule has 3 rings (SSSR count). The maximum absolute atomic E-state index is 13.2. The first-order valence-electron chi connectivity index (χ1n) is 9.04. The molecule has 1 amide bonds. The van der Waals surface area contributed by atoms with Gasteiger partial charge in [-0.05, 0) is 49.1 Å². The minimum Gasteiger partial charge on any atom is -0.343 e. The Hall–Kier alpha value is -2.25. The van der Waals surface area contributed by atoms with Gasteiger partial charge in [-0.3, -0.25) is 4.79 Å². The quantitative estimate of drug-likeness (QED) is 0.825. The number of hydrogen-bond acceptors (Lipinski definition) is 3. The second-order valence-electron chi connectivity index (χ2n) is 6.72. The molecule has 1 heterocycles. The molecule has 0 saturated carbocycles. The number of likely N-dealkylation sites (tertiary alicyclic amines) is 1. The van der Waals surface area contributed by atoms with E-state index in [2.05, 4.69) is 4.72 Å². The Morgan fingerprint density at radius 2 is 1.78 bits per heavy atom. The summed E-state index contributed by atoms with van der Waals surface area (Å²) in [5, 5.41) is 0. The molecule has 7 heteroatoms. The van der Waals surface area contributed by atoms with E-state index in [9.17, 15) is 17.6 Å². The molecule has 0 spiro atoms. The first kappa shape index (κ1) is 19.5. The van der Waals surface area contributed by atoms with Gasteiger partial charge in [0, 0.05) is 25.6 Å². The molecule has 0 aromatic heterocycles. The molecule has 0 atom stereocenters. The third kappa shape index (κ3) is 5.37. The summed E-state index contributed by atoms with van der Waals surface area (Å²) in [4.78, 5) is 14.4. The lowest BCUT2D eigenvalue weighted by Gasteiger charge is -2.32. The first-order valence-corrected chi connectivity index (χ1v) is 10.5. The van der Waals surface area contributed by atoms with Crippen LogP contribution in [0.25, 0.3) is 0 Å². The van der Waals surface area contributed by atoms with Gasteiger partial charge in [-0.1, -0.05) is 30.3 Å². The van der Waals surface area contributed by atoms with Gasteiger partial charge in [0.05, 0.1) is 4.90 Å². The van der Waals surface area contributed by atoms with Gasteiger partial charge in [0.15, 0.2) is 0 Å². The van der Waals surface area contributed by atoms with Crippen molar-refractivity contribution in [1.29, 1.82) is 0 Å². The van der Waals surface area contributed by atoms with Gasteiger partial charge in [0.25, 0.3) is 0 Å². The third-order valence-electron chi connectivity index (χ3n) is 4.74. The van der Waals surface area contributed by atoms with Crippen molar-refractivity contribution in [1.82, 2.24) is 9.62 Å². The van der Waals surface area contributed by atoms with Crippen molar-refractivity contribution in [3.05, 3.63) is 66.0 Å². The summed E-state index contributed by atoms with van der Waals surface area (Å²) < 4.78 is 40.7. The van der Waals surface area contributed by atoms with Crippen LogP contribution in [-0.4, -0.2) is 38.4 Å². The Morgan fingerprint density at radius 3 is 2.44 bits per heavy atom. The Kier molecular flexibility index (Phi) is 6.23. The van der Waals surface area contributed by atoms with Crippen LogP contribution in [0.4, 0.5) is 4.39 Å². The predicted octanol–water partition coefficient (Wildman–Crippen LogP) is 2.73. The number of halogens is 1. The van der Waals surface area contributed by atoms with Crippen molar-refractivity contribution >= 4 is 15.9 Å². The largest absolute Gasteiger partial charge is 0.343 e. The number of hydrogen-bond donors (Lipinski definition) is 1. The standard InChI is InChI=1S/C20H23FN2O3S/c21-17-6-4-5-16(15-17)9-10-20(24)23-13-11-18(12-14-23)22-27(25,26)19-7-2-1-3-8-19/h1-8,15,18,22H,9-14H2. The maximum Gasteiger partial charge on any atom is 0.240 e. The second kappa shape index (κ2) is 8.63. The Balaban J connectivity index is 1.48. The summed E-state index contributed by atoms with van der Waals surface area (Å²) in [6.07, 6.45) is 1.98. The minimum absolute atomic E-state index is 0.0172. The number of rotatable bonds is 6. The zero-order valence-electron chi connectivity index (χ0n) is 15.0. The molecule has 1 N–H and O–H groups in total. The molecule has 0 unspecified atom stereocenters. The molecule has 0 bridgehead atoms. The Labute approximate surface area is 159 Å². The average molecular weight is 390 g/mol. The molecule has 5 nitrogen and oxygen atoms in total. The molecule has 1 saturated heterocycles. The lowest BCUT2D eigenvalue weighted by molar-refractivity contribution is -0.132. The topological polar surface area (TPSA) is 66.5 Å². The predicted molar refractivity (Wildman–Crippen MR) is 101 cm³/mol. The highest BCUT2D eigenvalue weighted by Gasteiger charge is 2.26. The van der Waals surface area contributed by atoms with Crippen LogP contribution in [0, 0.1) is 5.82 Å². The maximum atomic E-state index is 13.2. The molecular weight excluding hydrogens is 367 g/mol. The Morgan fingerprint density at radius 1 is 1.07 bits per heavy atom. The van der Waals surface area contributed by atoms with E-state index in [0.717, 1.165) is 5.56 Å². The Bertz CT molecular complexity index is 879. The summed E-state index contributed by atoms with van der Waals surface area (Å²) in [5.74, 6) is -0.282. The van der Waals surface area contributed by atoms with Crippen LogP contribution in [0.5, 0.6) is 0 Å². The highest BCUT2D eigenvalue weighted by molar-refractivity contribution is 7.89. The third-order valence-corrected chi connectivity index (χ3v) is 6.28. The van der Waals surface area contributed by atoms with Crippen molar-refractivity contribution in [3.63, 3.8) is 0 Å². The molecule has 1 fully saturated rings. The lowest BCUT2D eigenvalue weighted by atomic mass is 10.0. The number of carbonyl (C=O) groups is 1. The molecule has 2 aromatic rings. The molecule has 27 heavy (non-hydrogen) atoms. The number of benzene rings is 2. The summed E-state index contributed by atoms with van der Waals surface area (Å²) in [6, 6.07) is 14.4. The zero-order valence-corrected chi connectivity index (χ0v) is 15.8. The molecule has 1 aliphatic heterocycles. The number of sulfonamides is 1. The fourth-order valence-corrected chi connectivity index (χ4v) is 4.56. The monoisotopic (exact) mass is 390 g/mol. The van der Waals surface area contributed by atoms with E-state index in [4.69, 9.17) is 0 Å². The number of nitrogens with one attached hydrogen (secondary N) is 1. The van der Waals surface area contributed by atoms with Crippen LogP contribution in [0.1, 0.15) is 24.8 Å². The van der Waals surface area contributed by atoms with Crippen LogP contribution < -0.4 is 4.72 Å². The molecule has 1 aliphatic rings. The number of amides is 1. The summed E-state index contributed by atoms with van der Waals surface area (Å²) in [5.41, 5.74) is 0.800. The van der Waals surface area contributed by atoms with Crippen molar-refractivity contribution in [3.8, 4) is 0 Å². The van der Waals surface area contributed by atoms with Crippen LogP contribution >= 0.6 is 0 Å². The zero-order chi connectivity index (χ0) is 19.3. The van der Waals surface area contributed by atoms with Crippen LogP contribution in [0.15, 0.2) is 59.5 Å². The van der Waals surface area contributed by atoms with Crippen LogP contribution in [-0.2, 0) is 21.2 Å². The van der Waals surface area contributed by atoms with Gasteiger partial charge < -0.3 is 4.90 Å². The van der Waals surface area contributed by atoms with Crippen molar-refractivity contribution in [2.75, 3.05) is 13.1 Å². The number of piperidine rings is 1. The van der Waals surface area contributed by atoms with E-state index in [-0.39, 0.29) is 22.7 Å². The molecule has 0 aliphatic carbocycles. The van der Waals surface area contributed by atoms with Gasteiger partial charge >= 0.3 is 0 Å². The smallest absolute Gasteiger partial charge is 0.240 e.